The first kappa shape index (κ1) is 25.4. The second-order valence-electron chi connectivity index (χ2n) is 8.37. The van der Waals surface area contributed by atoms with Crippen molar-refractivity contribution in [1.29, 1.82) is 5.26 Å². The van der Waals surface area contributed by atoms with E-state index in [1.807, 2.05) is 60.5 Å². The molecule has 2 heterocycles. The Morgan fingerprint density at radius 2 is 1.50 bits per heavy atom. The van der Waals surface area contributed by atoms with E-state index in [9.17, 15) is 10.1 Å². The molecule has 1 amide bonds. The summed E-state index contributed by atoms with van der Waals surface area (Å²) in [7, 11) is 2.01. The molecule has 2 aromatic carbocycles. The summed E-state index contributed by atoms with van der Waals surface area (Å²) in [6.45, 7) is 2.91. The lowest BCUT2D eigenvalue weighted by atomic mass is 9.97. The predicted molar refractivity (Wildman–Crippen MR) is 135 cm³/mol. The highest BCUT2D eigenvalue weighted by molar-refractivity contribution is 5.85. The molecule has 1 atom stereocenters. The standard InChI is InChI=1S/C27H29N5O.ClH/c1-30(27(22-9-4-2-5-10-22)23-11-6-3-7-12-23)21-26(33)32-17-15-31(16-18-32)25(19-28)24-13-8-14-29-20-24;/h2-14,20,25,27H,15-18,21H2,1H3;1H. The van der Waals surface area contributed by atoms with Crippen molar-refractivity contribution in [3.8, 4) is 6.07 Å². The maximum Gasteiger partial charge on any atom is 0.236 e. The molecular weight excluding hydrogens is 446 g/mol. The van der Waals surface area contributed by atoms with E-state index in [0.717, 1.165) is 16.7 Å². The van der Waals surface area contributed by atoms with E-state index in [4.69, 9.17) is 0 Å². The van der Waals surface area contributed by atoms with Gasteiger partial charge in [-0.3, -0.25) is 19.6 Å². The van der Waals surface area contributed by atoms with Crippen LogP contribution < -0.4 is 0 Å². The molecule has 0 aliphatic carbocycles. The van der Waals surface area contributed by atoms with Gasteiger partial charge in [-0.2, -0.15) is 5.26 Å². The third kappa shape index (κ3) is 6.00. The van der Waals surface area contributed by atoms with Crippen LogP contribution in [0, 0.1) is 11.3 Å². The fourth-order valence-corrected chi connectivity index (χ4v) is 4.51. The zero-order valence-electron chi connectivity index (χ0n) is 19.3. The van der Waals surface area contributed by atoms with Crippen molar-refractivity contribution >= 4 is 18.3 Å². The molecule has 1 aromatic heterocycles. The lowest BCUT2D eigenvalue weighted by Gasteiger charge is -2.38. The van der Waals surface area contributed by atoms with E-state index >= 15 is 0 Å². The lowest BCUT2D eigenvalue weighted by molar-refractivity contribution is -0.134. The van der Waals surface area contributed by atoms with Crippen LogP contribution in [0.15, 0.2) is 85.2 Å². The number of hydrogen-bond acceptors (Lipinski definition) is 5. The van der Waals surface area contributed by atoms with Crippen LogP contribution >= 0.6 is 12.4 Å². The van der Waals surface area contributed by atoms with Crippen molar-refractivity contribution in [3.63, 3.8) is 0 Å². The molecule has 6 nitrogen and oxygen atoms in total. The molecular formula is C27H30ClN5O. The van der Waals surface area contributed by atoms with Crippen LogP contribution in [-0.2, 0) is 4.79 Å². The molecule has 4 rings (SSSR count). The topological polar surface area (TPSA) is 63.5 Å². The van der Waals surface area contributed by atoms with Gasteiger partial charge in [0.05, 0.1) is 18.7 Å². The first-order valence-corrected chi connectivity index (χ1v) is 11.3. The van der Waals surface area contributed by atoms with Crippen molar-refractivity contribution in [2.75, 3.05) is 39.8 Å². The zero-order valence-corrected chi connectivity index (χ0v) is 20.1. The van der Waals surface area contributed by atoms with E-state index in [0.29, 0.717) is 32.7 Å². The summed E-state index contributed by atoms with van der Waals surface area (Å²) in [5.41, 5.74) is 3.22. The quantitative estimate of drug-likeness (QED) is 0.518. The lowest BCUT2D eigenvalue weighted by Crippen LogP contribution is -2.51. The zero-order chi connectivity index (χ0) is 23.0. The van der Waals surface area contributed by atoms with Gasteiger partial charge in [-0.15, -0.1) is 12.4 Å². The highest BCUT2D eigenvalue weighted by Crippen LogP contribution is 2.27. The Labute approximate surface area is 207 Å². The maximum atomic E-state index is 13.2. The average molecular weight is 476 g/mol. The van der Waals surface area contributed by atoms with Gasteiger partial charge < -0.3 is 4.90 Å². The van der Waals surface area contributed by atoms with Crippen LogP contribution in [0.2, 0.25) is 0 Å². The number of piperazine rings is 1. The maximum absolute atomic E-state index is 13.2. The summed E-state index contributed by atoms with van der Waals surface area (Å²) >= 11 is 0. The van der Waals surface area contributed by atoms with Gasteiger partial charge >= 0.3 is 0 Å². The molecule has 1 unspecified atom stereocenters. The first-order valence-electron chi connectivity index (χ1n) is 11.3. The number of nitrogens with zero attached hydrogens (tertiary/aromatic N) is 5. The van der Waals surface area contributed by atoms with Gasteiger partial charge in [0.2, 0.25) is 5.91 Å². The summed E-state index contributed by atoms with van der Waals surface area (Å²) in [5.74, 6) is 0.115. The van der Waals surface area contributed by atoms with Crippen molar-refractivity contribution in [2.24, 2.45) is 0 Å². The number of carbonyl (C=O) groups excluding carboxylic acids is 1. The minimum Gasteiger partial charge on any atom is -0.339 e. The summed E-state index contributed by atoms with van der Waals surface area (Å²) in [6.07, 6.45) is 3.46. The van der Waals surface area contributed by atoms with Gasteiger partial charge in [0.1, 0.15) is 6.04 Å². The molecule has 7 heteroatoms. The smallest absolute Gasteiger partial charge is 0.236 e. The summed E-state index contributed by atoms with van der Waals surface area (Å²) in [4.78, 5) is 23.5. The third-order valence-corrected chi connectivity index (χ3v) is 6.21. The molecule has 0 bridgehead atoms. The van der Waals surface area contributed by atoms with Crippen molar-refractivity contribution in [1.82, 2.24) is 19.7 Å². The van der Waals surface area contributed by atoms with Crippen LogP contribution in [0.25, 0.3) is 0 Å². The Hall–Kier alpha value is -3.24. The molecule has 0 saturated carbocycles. The van der Waals surface area contributed by atoms with Crippen LogP contribution in [0.1, 0.15) is 28.8 Å². The Balaban J connectivity index is 0.00000324. The summed E-state index contributed by atoms with van der Waals surface area (Å²) in [6, 6.07) is 26.4. The van der Waals surface area contributed by atoms with Crippen molar-refractivity contribution in [3.05, 3.63) is 102 Å². The number of pyridine rings is 1. The normalized spacial score (nSPS) is 14.9. The second kappa shape index (κ2) is 12.3. The van der Waals surface area contributed by atoms with E-state index < -0.39 is 0 Å². The number of amides is 1. The number of benzene rings is 2. The number of hydrogen-bond donors (Lipinski definition) is 0. The summed E-state index contributed by atoms with van der Waals surface area (Å²) < 4.78 is 0. The largest absolute Gasteiger partial charge is 0.339 e. The fourth-order valence-electron chi connectivity index (χ4n) is 4.51. The monoisotopic (exact) mass is 475 g/mol. The molecule has 176 valence electrons. The predicted octanol–water partition coefficient (Wildman–Crippen LogP) is 3.93. The molecule has 1 aliphatic rings. The minimum atomic E-state index is -0.334. The highest BCUT2D eigenvalue weighted by atomic mass is 35.5. The SMILES string of the molecule is CN(CC(=O)N1CCN(C(C#N)c2cccnc2)CC1)C(c1ccccc1)c1ccccc1.Cl. The van der Waals surface area contributed by atoms with Crippen LogP contribution in [0.5, 0.6) is 0 Å². The van der Waals surface area contributed by atoms with Gasteiger partial charge in [0, 0.05) is 44.1 Å². The number of rotatable bonds is 7. The molecule has 3 aromatic rings. The first-order chi connectivity index (χ1) is 16.2. The summed E-state index contributed by atoms with van der Waals surface area (Å²) in [5, 5.41) is 9.70. The number of likely N-dealkylation sites (N-methyl/N-ethyl adjacent to an activating group) is 1. The Morgan fingerprint density at radius 1 is 0.941 bits per heavy atom. The Morgan fingerprint density at radius 3 is 2.00 bits per heavy atom. The number of carbonyl (C=O) groups is 1. The van der Waals surface area contributed by atoms with Gasteiger partial charge in [0.25, 0.3) is 0 Å². The van der Waals surface area contributed by atoms with Crippen LogP contribution in [-0.4, -0.2) is 65.4 Å². The van der Waals surface area contributed by atoms with Gasteiger partial charge in [0.15, 0.2) is 0 Å². The molecule has 1 aliphatic heterocycles. The van der Waals surface area contributed by atoms with Crippen molar-refractivity contribution < 1.29 is 4.79 Å². The van der Waals surface area contributed by atoms with E-state index in [2.05, 4.69) is 45.1 Å². The van der Waals surface area contributed by atoms with E-state index in [-0.39, 0.29) is 30.4 Å². The molecule has 0 radical (unpaired) electrons. The van der Waals surface area contributed by atoms with E-state index in [1.54, 1.807) is 12.4 Å². The molecule has 1 fully saturated rings. The van der Waals surface area contributed by atoms with Crippen molar-refractivity contribution in [2.45, 2.75) is 12.1 Å². The highest BCUT2D eigenvalue weighted by Gasteiger charge is 2.29. The molecule has 0 N–H and O–H groups in total. The van der Waals surface area contributed by atoms with E-state index in [1.165, 1.54) is 0 Å². The third-order valence-electron chi connectivity index (χ3n) is 6.21. The average Bonchev–Trinajstić information content (AvgIpc) is 2.87. The van der Waals surface area contributed by atoms with Crippen LogP contribution in [0.4, 0.5) is 0 Å². The van der Waals surface area contributed by atoms with Gasteiger partial charge in [-0.05, 0) is 24.2 Å². The second-order valence-corrected chi connectivity index (χ2v) is 8.37. The molecule has 0 spiro atoms. The number of nitriles is 1. The molecule has 34 heavy (non-hydrogen) atoms. The Kier molecular flexibility index (Phi) is 9.17. The van der Waals surface area contributed by atoms with Crippen LogP contribution in [0.3, 0.4) is 0 Å². The van der Waals surface area contributed by atoms with Gasteiger partial charge in [-0.25, -0.2) is 0 Å². The number of halogens is 1. The number of aromatic nitrogens is 1. The molecule has 1 saturated heterocycles. The van der Waals surface area contributed by atoms with Gasteiger partial charge in [-0.1, -0.05) is 66.7 Å². The fraction of sp³-hybridized carbons (Fsp3) is 0.296. The Bertz CT molecular complexity index is 1030. The minimum absolute atomic E-state index is 0.